The summed E-state index contributed by atoms with van der Waals surface area (Å²) in [6, 6.07) is 3.74. The van der Waals surface area contributed by atoms with Crippen molar-refractivity contribution in [3.8, 4) is 0 Å². The van der Waals surface area contributed by atoms with Gasteiger partial charge in [-0.05, 0) is 61.7 Å². The number of hydrogen-bond acceptors (Lipinski definition) is 5. The van der Waals surface area contributed by atoms with Gasteiger partial charge in [-0.2, -0.15) is 0 Å². The Labute approximate surface area is 157 Å². The van der Waals surface area contributed by atoms with Gasteiger partial charge in [0.25, 0.3) is 0 Å². The number of methoxy groups -OCH3 is 1. The van der Waals surface area contributed by atoms with Crippen LogP contribution in [0.3, 0.4) is 0 Å². The molecule has 6 nitrogen and oxygen atoms in total. The van der Waals surface area contributed by atoms with Crippen molar-refractivity contribution in [3.05, 3.63) is 28.5 Å². The summed E-state index contributed by atoms with van der Waals surface area (Å²) in [6.45, 7) is 6.42. The Morgan fingerprint density at radius 3 is 2.48 bits per heavy atom. The van der Waals surface area contributed by atoms with Crippen molar-refractivity contribution in [1.29, 1.82) is 0 Å². The van der Waals surface area contributed by atoms with Gasteiger partial charge in [-0.15, -0.1) is 0 Å². The molecule has 1 aromatic heterocycles. The maximum atomic E-state index is 12.5. The van der Waals surface area contributed by atoms with Gasteiger partial charge in [0.05, 0.1) is 18.2 Å². The third kappa shape index (κ3) is 4.93. The lowest BCUT2D eigenvalue weighted by atomic mass is 9.74. The molecular weight excluding hydrogens is 388 g/mol. The molecule has 2 heterocycles. The number of aromatic nitrogens is 1. The van der Waals surface area contributed by atoms with Crippen molar-refractivity contribution < 1.29 is 19.1 Å². The normalized spacial score (nSPS) is 17.1. The van der Waals surface area contributed by atoms with Gasteiger partial charge in [0, 0.05) is 30.2 Å². The molecule has 0 aromatic carbocycles. The van der Waals surface area contributed by atoms with E-state index in [1.165, 1.54) is 7.11 Å². The van der Waals surface area contributed by atoms with Crippen LogP contribution >= 0.6 is 15.9 Å². The number of likely N-dealkylation sites (tertiary alicyclic amines) is 1. The van der Waals surface area contributed by atoms with Crippen LogP contribution in [-0.2, 0) is 20.7 Å². The fourth-order valence-corrected chi connectivity index (χ4v) is 3.38. The van der Waals surface area contributed by atoms with Crippen molar-refractivity contribution in [3.63, 3.8) is 0 Å². The molecule has 2 rings (SSSR count). The second kappa shape index (κ2) is 7.72. The highest BCUT2D eigenvalue weighted by molar-refractivity contribution is 9.10. The van der Waals surface area contributed by atoms with Crippen LogP contribution in [0, 0.1) is 5.41 Å². The first kappa shape index (κ1) is 19.7. The van der Waals surface area contributed by atoms with E-state index in [0.29, 0.717) is 32.4 Å². The smallest absolute Gasteiger partial charge is 0.410 e. The van der Waals surface area contributed by atoms with Crippen LogP contribution < -0.4 is 0 Å². The third-order valence-electron chi connectivity index (χ3n) is 4.33. The summed E-state index contributed by atoms with van der Waals surface area (Å²) >= 11 is 3.49. The number of nitrogens with zero attached hydrogens (tertiary/aromatic N) is 2. The summed E-state index contributed by atoms with van der Waals surface area (Å²) in [5.41, 5.74) is -0.393. The molecule has 0 aliphatic carbocycles. The average molecular weight is 413 g/mol. The van der Waals surface area contributed by atoms with E-state index in [0.717, 1.165) is 10.2 Å². The van der Waals surface area contributed by atoms with Crippen molar-refractivity contribution in [2.45, 2.75) is 45.6 Å². The van der Waals surface area contributed by atoms with Gasteiger partial charge < -0.3 is 14.4 Å². The van der Waals surface area contributed by atoms with Gasteiger partial charge in [-0.25, -0.2) is 4.79 Å². The molecule has 0 bridgehead atoms. The number of piperidine rings is 1. The summed E-state index contributed by atoms with van der Waals surface area (Å²) in [6.07, 6.45) is 2.87. The molecule has 1 aliphatic heterocycles. The molecule has 0 saturated carbocycles. The van der Waals surface area contributed by atoms with Crippen LogP contribution in [0.5, 0.6) is 0 Å². The quantitative estimate of drug-likeness (QED) is 0.709. The van der Waals surface area contributed by atoms with Crippen LogP contribution in [0.15, 0.2) is 22.8 Å². The summed E-state index contributed by atoms with van der Waals surface area (Å²) in [5, 5.41) is 0. The first-order valence-electron chi connectivity index (χ1n) is 8.33. The zero-order valence-corrected chi connectivity index (χ0v) is 16.8. The molecule has 0 unspecified atom stereocenters. The van der Waals surface area contributed by atoms with Crippen LogP contribution in [0.4, 0.5) is 4.79 Å². The molecule has 1 aliphatic rings. The monoisotopic (exact) mass is 412 g/mol. The van der Waals surface area contributed by atoms with Gasteiger partial charge in [0.1, 0.15) is 5.60 Å². The molecule has 138 valence electrons. The van der Waals surface area contributed by atoms with Crippen LogP contribution in [-0.4, -0.2) is 47.7 Å². The minimum atomic E-state index is -0.676. The lowest BCUT2D eigenvalue weighted by molar-refractivity contribution is -0.156. The molecule has 0 radical (unpaired) electrons. The summed E-state index contributed by atoms with van der Waals surface area (Å²) in [5.74, 6) is -0.256. The molecule has 0 spiro atoms. The number of rotatable bonds is 3. The third-order valence-corrected chi connectivity index (χ3v) is 5.05. The SMILES string of the molecule is COC(=O)C1(Cc2ncccc2Br)CCN(C(=O)OC(C)(C)C)CC1. The van der Waals surface area contributed by atoms with E-state index in [4.69, 9.17) is 9.47 Å². The standard InChI is InChI=1S/C18H25BrN2O4/c1-17(2,3)25-16(23)21-10-7-18(8-11-21,15(22)24-4)12-14-13(19)6-5-9-20-14/h5-6,9H,7-8,10-12H2,1-4H3. The lowest BCUT2D eigenvalue weighted by Crippen LogP contribution is -2.49. The molecule has 1 amide bonds. The molecule has 1 aromatic rings. The van der Waals surface area contributed by atoms with Crippen molar-refractivity contribution >= 4 is 28.0 Å². The van der Waals surface area contributed by atoms with Crippen LogP contribution in [0.2, 0.25) is 0 Å². The van der Waals surface area contributed by atoms with Crippen LogP contribution in [0.25, 0.3) is 0 Å². The zero-order valence-electron chi connectivity index (χ0n) is 15.2. The van der Waals surface area contributed by atoms with Gasteiger partial charge in [0.2, 0.25) is 0 Å². The molecule has 7 heteroatoms. The van der Waals surface area contributed by atoms with Crippen LogP contribution in [0.1, 0.15) is 39.3 Å². The summed E-state index contributed by atoms with van der Waals surface area (Å²) < 4.78 is 11.4. The van der Waals surface area contributed by atoms with Crippen molar-refractivity contribution in [2.75, 3.05) is 20.2 Å². The maximum absolute atomic E-state index is 12.5. The Bertz CT molecular complexity index is 634. The van der Waals surface area contributed by atoms with Crippen molar-refractivity contribution in [2.24, 2.45) is 5.41 Å². The number of halogens is 1. The first-order valence-corrected chi connectivity index (χ1v) is 9.12. The molecule has 1 fully saturated rings. The Balaban J connectivity index is 2.12. The Hall–Kier alpha value is -1.63. The predicted octanol–water partition coefficient (Wildman–Crippen LogP) is 3.58. The second-order valence-electron chi connectivity index (χ2n) is 7.35. The highest BCUT2D eigenvalue weighted by Gasteiger charge is 2.44. The number of pyridine rings is 1. The first-order chi connectivity index (χ1) is 11.7. The zero-order chi connectivity index (χ0) is 18.7. The van der Waals surface area contributed by atoms with Gasteiger partial charge >= 0.3 is 12.1 Å². The number of hydrogen-bond donors (Lipinski definition) is 0. The largest absolute Gasteiger partial charge is 0.469 e. The minimum Gasteiger partial charge on any atom is -0.469 e. The Morgan fingerprint density at radius 1 is 1.32 bits per heavy atom. The highest BCUT2D eigenvalue weighted by atomic mass is 79.9. The molecular formula is C18H25BrN2O4. The number of carbonyl (C=O) groups is 2. The number of esters is 1. The number of carbonyl (C=O) groups excluding carboxylic acids is 2. The van der Waals surface area contributed by atoms with Crippen molar-refractivity contribution in [1.82, 2.24) is 9.88 Å². The molecule has 0 N–H and O–H groups in total. The van der Waals surface area contributed by atoms with E-state index >= 15 is 0 Å². The minimum absolute atomic E-state index is 0.256. The highest BCUT2D eigenvalue weighted by Crippen LogP contribution is 2.37. The summed E-state index contributed by atoms with van der Waals surface area (Å²) in [7, 11) is 1.40. The van der Waals surface area contributed by atoms with E-state index in [1.807, 2.05) is 32.9 Å². The van der Waals surface area contributed by atoms with Gasteiger partial charge in [-0.1, -0.05) is 0 Å². The molecule has 0 atom stereocenters. The van der Waals surface area contributed by atoms with Gasteiger partial charge in [0.15, 0.2) is 0 Å². The van der Waals surface area contributed by atoms with Gasteiger partial charge in [-0.3, -0.25) is 9.78 Å². The average Bonchev–Trinajstić information content (AvgIpc) is 2.55. The fourth-order valence-electron chi connectivity index (χ4n) is 2.98. The lowest BCUT2D eigenvalue weighted by Gasteiger charge is -2.40. The van der Waals surface area contributed by atoms with E-state index in [-0.39, 0.29) is 12.1 Å². The predicted molar refractivity (Wildman–Crippen MR) is 97.1 cm³/mol. The maximum Gasteiger partial charge on any atom is 0.410 e. The summed E-state index contributed by atoms with van der Waals surface area (Å²) in [4.78, 5) is 30.8. The number of amides is 1. The fraction of sp³-hybridized carbons (Fsp3) is 0.611. The topological polar surface area (TPSA) is 68.7 Å². The second-order valence-corrected chi connectivity index (χ2v) is 8.20. The Morgan fingerprint density at radius 2 is 1.96 bits per heavy atom. The Kier molecular flexibility index (Phi) is 6.08. The number of ether oxygens (including phenoxy) is 2. The van der Waals surface area contributed by atoms with E-state index < -0.39 is 11.0 Å². The van der Waals surface area contributed by atoms with E-state index in [2.05, 4.69) is 20.9 Å². The molecule has 25 heavy (non-hydrogen) atoms. The van der Waals surface area contributed by atoms with E-state index in [9.17, 15) is 9.59 Å². The molecule has 1 saturated heterocycles. The van der Waals surface area contributed by atoms with E-state index in [1.54, 1.807) is 11.1 Å².